The summed E-state index contributed by atoms with van der Waals surface area (Å²) < 4.78 is 27.9. The van der Waals surface area contributed by atoms with E-state index in [2.05, 4.69) is 15.3 Å². The topological polar surface area (TPSA) is 37.8 Å². The van der Waals surface area contributed by atoms with Crippen LogP contribution in [0.25, 0.3) is 0 Å². The number of nitrogens with zero attached hydrogens (tertiary/aromatic N) is 2. The van der Waals surface area contributed by atoms with Crippen molar-refractivity contribution in [3.05, 3.63) is 59.7 Å². The quantitative estimate of drug-likeness (QED) is 0.919. The maximum Gasteiger partial charge on any atom is 0.129 e. The molecule has 1 fully saturated rings. The third kappa shape index (κ3) is 2.78. The molecule has 0 amide bonds. The molecule has 1 N–H and O–H groups in total. The van der Waals surface area contributed by atoms with Gasteiger partial charge in [0, 0.05) is 42.2 Å². The van der Waals surface area contributed by atoms with Crippen LogP contribution in [0.3, 0.4) is 0 Å². The minimum atomic E-state index is -0.457. The zero-order chi connectivity index (χ0) is 14.9. The Morgan fingerprint density at radius 2 is 1.95 bits per heavy atom. The van der Waals surface area contributed by atoms with E-state index in [0.717, 1.165) is 18.5 Å². The Kier molecular flexibility index (Phi) is 3.68. The fraction of sp³-hybridized carbons (Fsp3) is 0.375. The molecule has 0 aliphatic heterocycles. The monoisotopic (exact) mass is 289 g/mol. The van der Waals surface area contributed by atoms with Crippen LogP contribution in [0, 0.1) is 11.6 Å². The summed E-state index contributed by atoms with van der Waals surface area (Å²) in [4.78, 5) is 8.26. The summed E-state index contributed by atoms with van der Waals surface area (Å²) in [5.41, 5.74) is 0.609. The summed E-state index contributed by atoms with van der Waals surface area (Å²) >= 11 is 0. The third-order valence-corrected chi connectivity index (χ3v) is 4.12. The Balaban J connectivity index is 1.73. The fourth-order valence-corrected chi connectivity index (χ4v) is 2.66. The van der Waals surface area contributed by atoms with Crippen molar-refractivity contribution in [1.82, 2.24) is 15.3 Å². The molecule has 0 spiro atoms. The van der Waals surface area contributed by atoms with E-state index in [1.807, 2.05) is 6.92 Å². The number of rotatable bonds is 5. The summed E-state index contributed by atoms with van der Waals surface area (Å²) in [6.45, 7) is 2.50. The highest BCUT2D eigenvalue weighted by atomic mass is 19.1. The predicted octanol–water partition coefficient (Wildman–Crippen LogP) is 3.14. The molecule has 1 atom stereocenters. The molecule has 1 saturated carbocycles. The summed E-state index contributed by atoms with van der Waals surface area (Å²) in [6.07, 6.45) is 6.54. The van der Waals surface area contributed by atoms with Crippen molar-refractivity contribution >= 4 is 0 Å². The average Bonchev–Trinajstić information content (AvgIpc) is 3.26. The predicted molar refractivity (Wildman–Crippen MR) is 75.7 cm³/mol. The van der Waals surface area contributed by atoms with Crippen LogP contribution < -0.4 is 5.32 Å². The van der Waals surface area contributed by atoms with Crippen LogP contribution in [0.4, 0.5) is 8.78 Å². The van der Waals surface area contributed by atoms with Gasteiger partial charge in [0.1, 0.15) is 11.6 Å². The third-order valence-electron chi connectivity index (χ3n) is 4.12. The van der Waals surface area contributed by atoms with Gasteiger partial charge >= 0.3 is 0 Å². The fourth-order valence-electron chi connectivity index (χ4n) is 2.66. The van der Waals surface area contributed by atoms with Crippen LogP contribution in [0.15, 0.2) is 36.8 Å². The molecule has 1 aliphatic rings. The molecule has 5 heteroatoms. The Bertz CT molecular complexity index is 606. The number of halogens is 2. The maximum atomic E-state index is 13.9. The summed E-state index contributed by atoms with van der Waals surface area (Å²) in [7, 11) is 0. The highest BCUT2D eigenvalue weighted by molar-refractivity contribution is 5.34. The van der Waals surface area contributed by atoms with Crippen molar-refractivity contribution in [3.8, 4) is 0 Å². The minimum absolute atomic E-state index is 0.00832. The van der Waals surface area contributed by atoms with Crippen molar-refractivity contribution < 1.29 is 8.78 Å². The van der Waals surface area contributed by atoms with Gasteiger partial charge in [0.2, 0.25) is 0 Å². The normalized spacial score (nSPS) is 17.5. The standard InChI is InChI=1S/C16H17F2N3/c1-11(14-9-19-7-8-20-14)21-10-16(5-6-16)15-12(17)3-2-4-13(15)18/h2-4,7-9,11,21H,5-6,10H2,1H3. The number of hydrogen-bond donors (Lipinski definition) is 1. The Hall–Kier alpha value is -1.88. The first-order valence-corrected chi connectivity index (χ1v) is 7.06. The molecule has 0 bridgehead atoms. The van der Waals surface area contributed by atoms with Crippen LogP contribution in [-0.2, 0) is 5.41 Å². The highest BCUT2D eigenvalue weighted by Crippen LogP contribution is 2.49. The van der Waals surface area contributed by atoms with E-state index < -0.39 is 17.0 Å². The molecule has 2 aromatic rings. The average molecular weight is 289 g/mol. The van der Waals surface area contributed by atoms with E-state index in [4.69, 9.17) is 0 Å². The van der Waals surface area contributed by atoms with Gasteiger partial charge in [-0.05, 0) is 31.9 Å². The lowest BCUT2D eigenvalue weighted by Gasteiger charge is -2.21. The summed E-state index contributed by atoms with van der Waals surface area (Å²) in [6, 6.07) is 4.04. The van der Waals surface area contributed by atoms with E-state index in [1.165, 1.54) is 18.2 Å². The van der Waals surface area contributed by atoms with E-state index in [-0.39, 0.29) is 11.6 Å². The largest absolute Gasteiger partial charge is 0.308 e. The molecule has 21 heavy (non-hydrogen) atoms. The number of aromatic nitrogens is 2. The van der Waals surface area contributed by atoms with Gasteiger partial charge in [-0.3, -0.25) is 9.97 Å². The maximum absolute atomic E-state index is 13.9. The molecule has 0 saturated heterocycles. The highest BCUT2D eigenvalue weighted by Gasteiger charge is 2.47. The molecular weight excluding hydrogens is 272 g/mol. The number of hydrogen-bond acceptors (Lipinski definition) is 3. The van der Waals surface area contributed by atoms with E-state index in [0.29, 0.717) is 6.54 Å². The molecular formula is C16H17F2N3. The van der Waals surface area contributed by atoms with E-state index in [1.54, 1.807) is 18.6 Å². The molecule has 3 nitrogen and oxygen atoms in total. The van der Waals surface area contributed by atoms with Gasteiger partial charge in [0.15, 0.2) is 0 Å². The van der Waals surface area contributed by atoms with Gasteiger partial charge in [-0.25, -0.2) is 8.78 Å². The van der Waals surface area contributed by atoms with Gasteiger partial charge in [0.25, 0.3) is 0 Å². The van der Waals surface area contributed by atoms with E-state index in [9.17, 15) is 8.78 Å². The zero-order valence-corrected chi connectivity index (χ0v) is 11.8. The Morgan fingerprint density at radius 3 is 2.52 bits per heavy atom. The second-order valence-electron chi connectivity index (χ2n) is 5.61. The molecule has 110 valence electrons. The van der Waals surface area contributed by atoms with E-state index >= 15 is 0 Å². The SMILES string of the molecule is CC(NCC1(c2c(F)cccc2F)CC1)c1cnccn1. The summed E-state index contributed by atoms with van der Waals surface area (Å²) in [5, 5.41) is 3.32. The Morgan fingerprint density at radius 1 is 1.24 bits per heavy atom. The van der Waals surface area contributed by atoms with Crippen LogP contribution in [-0.4, -0.2) is 16.5 Å². The smallest absolute Gasteiger partial charge is 0.129 e. The lowest BCUT2D eigenvalue weighted by Crippen LogP contribution is -2.31. The second-order valence-corrected chi connectivity index (χ2v) is 5.61. The second kappa shape index (κ2) is 5.48. The van der Waals surface area contributed by atoms with Gasteiger partial charge in [-0.2, -0.15) is 0 Å². The molecule has 3 rings (SSSR count). The van der Waals surface area contributed by atoms with Crippen LogP contribution >= 0.6 is 0 Å². The summed E-state index contributed by atoms with van der Waals surface area (Å²) in [5.74, 6) is -0.914. The van der Waals surface area contributed by atoms with Crippen LogP contribution in [0.5, 0.6) is 0 Å². The first-order valence-electron chi connectivity index (χ1n) is 7.06. The van der Waals surface area contributed by atoms with Crippen LogP contribution in [0.2, 0.25) is 0 Å². The Labute approximate surface area is 122 Å². The zero-order valence-electron chi connectivity index (χ0n) is 11.8. The lowest BCUT2D eigenvalue weighted by molar-refractivity contribution is 0.461. The van der Waals surface area contributed by atoms with Crippen molar-refractivity contribution in [1.29, 1.82) is 0 Å². The van der Waals surface area contributed by atoms with Gasteiger partial charge in [0.05, 0.1) is 5.69 Å². The number of benzene rings is 1. The van der Waals surface area contributed by atoms with Gasteiger partial charge in [-0.15, -0.1) is 0 Å². The van der Waals surface area contributed by atoms with Crippen molar-refractivity contribution in [3.63, 3.8) is 0 Å². The van der Waals surface area contributed by atoms with Crippen molar-refractivity contribution in [2.24, 2.45) is 0 Å². The van der Waals surface area contributed by atoms with Gasteiger partial charge in [-0.1, -0.05) is 6.07 Å². The first-order chi connectivity index (χ1) is 10.1. The molecule has 0 radical (unpaired) electrons. The molecule has 1 aliphatic carbocycles. The molecule has 1 heterocycles. The lowest BCUT2D eigenvalue weighted by atomic mass is 9.94. The van der Waals surface area contributed by atoms with Crippen LogP contribution in [0.1, 0.15) is 37.1 Å². The number of nitrogens with one attached hydrogen (secondary N) is 1. The minimum Gasteiger partial charge on any atom is -0.308 e. The molecule has 1 aromatic heterocycles. The van der Waals surface area contributed by atoms with Gasteiger partial charge < -0.3 is 5.32 Å². The van der Waals surface area contributed by atoms with Crippen molar-refractivity contribution in [2.45, 2.75) is 31.2 Å². The van der Waals surface area contributed by atoms with Crippen molar-refractivity contribution in [2.75, 3.05) is 6.54 Å². The molecule has 1 unspecified atom stereocenters. The first kappa shape index (κ1) is 14.1. The molecule has 1 aromatic carbocycles.